The van der Waals surface area contributed by atoms with E-state index in [0.29, 0.717) is 22.3 Å². The molecule has 0 unspecified atom stereocenters. The van der Waals surface area contributed by atoms with Crippen molar-refractivity contribution in [1.82, 2.24) is 15.1 Å². The van der Waals surface area contributed by atoms with Crippen LogP contribution >= 0.6 is 23.2 Å². The standard InChI is InChI=1S/C30H40Cl2N4O4/c1-3-4-15-35(2)16-8-17-36-26(28(38)33-19-9-6-5-7-10-19)30-14-13-23(40-30)24(25(30)29(36)39)27(37)34-20-11-12-21(31)22(32)18-20/h11-14,18-19,23-26H,3-10,15-17H2,1-2H3,(H,33,38)(H,34,37)/t23-,24-,25-,26-,30+/m1/s1. The first kappa shape index (κ1) is 29.4. The Hall–Kier alpha value is -2.13. The lowest BCUT2D eigenvalue weighted by Gasteiger charge is -2.34. The van der Waals surface area contributed by atoms with Crippen LogP contribution in [0.2, 0.25) is 10.0 Å². The summed E-state index contributed by atoms with van der Waals surface area (Å²) in [6.45, 7) is 4.41. The van der Waals surface area contributed by atoms with Crippen LogP contribution < -0.4 is 10.6 Å². The number of fused-ring (bicyclic) bond motifs is 1. The molecule has 218 valence electrons. The normalized spacial score (nSPS) is 29.3. The van der Waals surface area contributed by atoms with Gasteiger partial charge in [0.25, 0.3) is 0 Å². The molecule has 3 amide bonds. The molecule has 1 aliphatic carbocycles. The molecule has 40 heavy (non-hydrogen) atoms. The molecule has 10 heteroatoms. The van der Waals surface area contributed by atoms with Gasteiger partial charge in [-0.25, -0.2) is 0 Å². The number of unbranched alkanes of at least 4 members (excludes halogenated alkanes) is 1. The summed E-state index contributed by atoms with van der Waals surface area (Å²) in [6, 6.07) is 4.16. The summed E-state index contributed by atoms with van der Waals surface area (Å²) in [5.41, 5.74) is -0.668. The second kappa shape index (κ2) is 12.4. The van der Waals surface area contributed by atoms with Gasteiger partial charge in [-0.1, -0.05) is 68.0 Å². The molecular formula is C30H40Cl2N4O4. The van der Waals surface area contributed by atoms with E-state index in [1.165, 1.54) is 6.42 Å². The Morgan fingerprint density at radius 3 is 2.58 bits per heavy atom. The van der Waals surface area contributed by atoms with Gasteiger partial charge in [0, 0.05) is 18.3 Å². The Balaban J connectivity index is 1.37. The number of ether oxygens (including phenoxy) is 1. The summed E-state index contributed by atoms with van der Waals surface area (Å²) >= 11 is 12.2. The van der Waals surface area contributed by atoms with Crippen LogP contribution in [0.15, 0.2) is 30.4 Å². The van der Waals surface area contributed by atoms with E-state index in [1.54, 1.807) is 23.1 Å². The van der Waals surface area contributed by atoms with Crippen LogP contribution in [-0.4, -0.2) is 78.0 Å². The van der Waals surface area contributed by atoms with Crippen LogP contribution in [0.4, 0.5) is 5.69 Å². The van der Waals surface area contributed by atoms with Gasteiger partial charge in [0.1, 0.15) is 11.6 Å². The molecule has 2 bridgehead atoms. The van der Waals surface area contributed by atoms with Crippen LogP contribution in [0.3, 0.4) is 0 Å². The summed E-state index contributed by atoms with van der Waals surface area (Å²) in [4.78, 5) is 45.6. The SMILES string of the molecule is CCCCN(C)CCCN1C(=O)[C@H]2[C@H](C(=O)Nc3ccc(Cl)c(Cl)c3)[C@H]3C=C[C@@]2(O3)[C@H]1C(=O)NC1CCCCC1. The van der Waals surface area contributed by atoms with Crippen molar-refractivity contribution in [3.63, 3.8) is 0 Å². The van der Waals surface area contributed by atoms with Gasteiger partial charge in [-0.15, -0.1) is 0 Å². The van der Waals surface area contributed by atoms with Crippen molar-refractivity contribution < 1.29 is 19.1 Å². The third kappa shape index (κ3) is 5.65. The molecule has 2 saturated heterocycles. The largest absolute Gasteiger partial charge is 0.359 e. The van der Waals surface area contributed by atoms with Gasteiger partial charge < -0.3 is 25.2 Å². The van der Waals surface area contributed by atoms with Gasteiger partial charge in [-0.05, 0) is 64.0 Å². The number of nitrogens with one attached hydrogen (secondary N) is 2. The van der Waals surface area contributed by atoms with Gasteiger partial charge >= 0.3 is 0 Å². The minimum absolute atomic E-state index is 0.102. The Kier molecular flexibility index (Phi) is 9.10. The first-order valence-electron chi connectivity index (χ1n) is 14.7. The predicted molar refractivity (Wildman–Crippen MR) is 156 cm³/mol. The van der Waals surface area contributed by atoms with E-state index >= 15 is 0 Å². The van der Waals surface area contributed by atoms with E-state index in [-0.39, 0.29) is 23.8 Å². The molecule has 1 aromatic rings. The van der Waals surface area contributed by atoms with E-state index in [1.807, 2.05) is 12.2 Å². The Morgan fingerprint density at radius 2 is 1.85 bits per heavy atom. The number of benzene rings is 1. The third-order valence-electron chi connectivity index (χ3n) is 8.90. The minimum Gasteiger partial charge on any atom is -0.359 e. The lowest BCUT2D eigenvalue weighted by molar-refractivity contribution is -0.141. The van der Waals surface area contributed by atoms with Crippen molar-refractivity contribution in [2.24, 2.45) is 11.8 Å². The molecule has 1 saturated carbocycles. The number of likely N-dealkylation sites (tertiary alicyclic amines) is 1. The maximum absolute atomic E-state index is 14.1. The number of anilines is 1. The first-order valence-corrected chi connectivity index (χ1v) is 15.4. The Morgan fingerprint density at radius 1 is 1.10 bits per heavy atom. The molecule has 5 atom stereocenters. The van der Waals surface area contributed by atoms with Gasteiger partial charge in [0.05, 0.1) is 28.0 Å². The number of carbonyl (C=O) groups is 3. The number of hydrogen-bond donors (Lipinski definition) is 2. The van der Waals surface area contributed by atoms with E-state index in [0.717, 1.165) is 58.0 Å². The molecule has 0 aromatic heterocycles. The first-order chi connectivity index (χ1) is 19.2. The summed E-state index contributed by atoms with van der Waals surface area (Å²) in [7, 11) is 2.08. The van der Waals surface area contributed by atoms with Crippen molar-refractivity contribution in [3.05, 3.63) is 40.4 Å². The van der Waals surface area contributed by atoms with Crippen molar-refractivity contribution in [2.75, 3.05) is 32.0 Å². The second-order valence-corrected chi connectivity index (χ2v) is 12.5. The molecule has 5 rings (SSSR count). The highest BCUT2D eigenvalue weighted by Gasteiger charge is 2.72. The zero-order valence-electron chi connectivity index (χ0n) is 23.3. The van der Waals surface area contributed by atoms with Crippen molar-refractivity contribution in [2.45, 2.75) is 82.1 Å². The molecule has 1 aromatic carbocycles. The summed E-state index contributed by atoms with van der Waals surface area (Å²) < 4.78 is 6.45. The fourth-order valence-electron chi connectivity index (χ4n) is 6.89. The monoisotopic (exact) mass is 590 g/mol. The van der Waals surface area contributed by atoms with Crippen LogP contribution in [-0.2, 0) is 19.1 Å². The third-order valence-corrected chi connectivity index (χ3v) is 9.63. The molecule has 1 spiro atoms. The Labute approximate surface area is 246 Å². The zero-order valence-corrected chi connectivity index (χ0v) is 24.8. The van der Waals surface area contributed by atoms with Crippen molar-refractivity contribution in [1.29, 1.82) is 0 Å². The van der Waals surface area contributed by atoms with Gasteiger partial charge in [-0.3, -0.25) is 14.4 Å². The molecule has 0 radical (unpaired) electrons. The smallest absolute Gasteiger partial charge is 0.246 e. The topological polar surface area (TPSA) is 91.0 Å². The predicted octanol–water partition coefficient (Wildman–Crippen LogP) is 4.65. The number of rotatable bonds is 11. The molecule has 3 heterocycles. The zero-order chi connectivity index (χ0) is 28.4. The number of hydrogen-bond acceptors (Lipinski definition) is 5. The van der Waals surface area contributed by atoms with Crippen LogP contribution in [0, 0.1) is 11.8 Å². The van der Waals surface area contributed by atoms with Crippen LogP contribution in [0.1, 0.15) is 58.3 Å². The van der Waals surface area contributed by atoms with Gasteiger partial charge in [0.2, 0.25) is 17.7 Å². The van der Waals surface area contributed by atoms with Gasteiger partial charge in [-0.2, -0.15) is 0 Å². The van der Waals surface area contributed by atoms with Crippen LogP contribution in [0.5, 0.6) is 0 Å². The van der Waals surface area contributed by atoms with Crippen LogP contribution in [0.25, 0.3) is 0 Å². The van der Waals surface area contributed by atoms with E-state index < -0.39 is 29.6 Å². The van der Waals surface area contributed by atoms with E-state index in [2.05, 4.69) is 29.5 Å². The summed E-state index contributed by atoms with van der Waals surface area (Å²) in [6.07, 6.45) is 11.3. The average molecular weight is 592 g/mol. The molecular weight excluding hydrogens is 551 g/mol. The lowest BCUT2D eigenvalue weighted by atomic mass is 9.74. The highest BCUT2D eigenvalue weighted by molar-refractivity contribution is 6.42. The number of halogens is 2. The number of nitrogens with zero attached hydrogens (tertiary/aromatic N) is 2. The summed E-state index contributed by atoms with van der Waals surface area (Å²) in [5, 5.41) is 6.85. The highest BCUT2D eigenvalue weighted by atomic mass is 35.5. The lowest BCUT2D eigenvalue weighted by Crippen LogP contribution is -2.56. The quantitative estimate of drug-likeness (QED) is 0.366. The van der Waals surface area contributed by atoms with E-state index in [4.69, 9.17) is 27.9 Å². The molecule has 8 nitrogen and oxygen atoms in total. The fraction of sp³-hybridized carbons (Fsp3) is 0.633. The van der Waals surface area contributed by atoms with Crippen molar-refractivity contribution in [3.8, 4) is 0 Å². The maximum atomic E-state index is 14.1. The summed E-state index contributed by atoms with van der Waals surface area (Å²) in [5.74, 6) is -2.24. The molecule has 2 N–H and O–H groups in total. The Bertz CT molecular complexity index is 1160. The number of carbonyl (C=O) groups excluding carboxylic acids is 3. The molecule has 3 fully saturated rings. The van der Waals surface area contributed by atoms with Gasteiger partial charge in [0.15, 0.2) is 0 Å². The molecule has 3 aliphatic heterocycles. The fourth-order valence-corrected chi connectivity index (χ4v) is 7.18. The van der Waals surface area contributed by atoms with E-state index in [9.17, 15) is 14.4 Å². The average Bonchev–Trinajstić information content (AvgIpc) is 3.57. The molecule has 4 aliphatic rings. The highest BCUT2D eigenvalue weighted by Crippen LogP contribution is 2.55. The minimum atomic E-state index is -1.16. The number of amides is 3. The van der Waals surface area contributed by atoms with Crippen molar-refractivity contribution >= 4 is 46.6 Å². The second-order valence-electron chi connectivity index (χ2n) is 11.7. The maximum Gasteiger partial charge on any atom is 0.246 e.